The van der Waals surface area contributed by atoms with E-state index in [9.17, 15) is 9.59 Å². The summed E-state index contributed by atoms with van der Waals surface area (Å²) in [6.45, 7) is 0.992. The van der Waals surface area contributed by atoms with E-state index in [2.05, 4.69) is 9.88 Å². The van der Waals surface area contributed by atoms with Crippen molar-refractivity contribution < 1.29 is 9.59 Å². The van der Waals surface area contributed by atoms with Crippen molar-refractivity contribution in [2.75, 3.05) is 13.6 Å². The highest BCUT2D eigenvalue weighted by atomic mass is 16.2. The second kappa shape index (κ2) is 11.0. The smallest absolute Gasteiger partial charge is 0.242 e. The molecule has 1 aromatic carbocycles. The summed E-state index contributed by atoms with van der Waals surface area (Å²) in [5.74, 6) is 1.50. The van der Waals surface area contributed by atoms with E-state index in [1.54, 1.807) is 0 Å². The number of para-hydroxylation sites is 2. The minimum absolute atomic E-state index is 0.159. The molecule has 0 spiro atoms. The van der Waals surface area contributed by atoms with Crippen LogP contribution in [0.5, 0.6) is 0 Å². The number of carbonyl (C=O) groups excluding carboxylic acids is 2. The Kier molecular flexibility index (Phi) is 7.82. The molecule has 174 valence electrons. The first-order valence-electron chi connectivity index (χ1n) is 12.6. The Balaban J connectivity index is 1.37. The second-order valence-corrected chi connectivity index (χ2v) is 9.63. The van der Waals surface area contributed by atoms with E-state index in [1.165, 1.54) is 38.5 Å². The Hall–Kier alpha value is -2.37. The third kappa shape index (κ3) is 5.51. The topological polar surface area (TPSA) is 67.2 Å². The molecule has 2 aliphatic rings. The Labute approximate surface area is 191 Å². The fourth-order valence-corrected chi connectivity index (χ4v) is 5.38. The number of fused-ring (bicyclic) bond motifs is 1. The van der Waals surface area contributed by atoms with Crippen LogP contribution in [-0.4, -0.2) is 45.9 Å². The van der Waals surface area contributed by atoms with Crippen molar-refractivity contribution in [1.29, 1.82) is 0 Å². The largest absolute Gasteiger partial charge is 0.356 e. The van der Waals surface area contributed by atoms with Crippen LogP contribution in [0.25, 0.3) is 11.0 Å². The summed E-state index contributed by atoms with van der Waals surface area (Å²) in [4.78, 5) is 32.3. The summed E-state index contributed by atoms with van der Waals surface area (Å²) in [6, 6.07) is 8.41. The van der Waals surface area contributed by atoms with E-state index >= 15 is 0 Å². The molecule has 0 aliphatic heterocycles. The van der Waals surface area contributed by atoms with Crippen LogP contribution in [0.3, 0.4) is 0 Å². The molecular formula is C26H38N4O2. The third-order valence-electron chi connectivity index (χ3n) is 7.40. The molecule has 4 rings (SSSR count). The van der Waals surface area contributed by atoms with Crippen molar-refractivity contribution in [3.63, 3.8) is 0 Å². The van der Waals surface area contributed by atoms with Gasteiger partial charge in [0.1, 0.15) is 12.4 Å². The molecule has 6 nitrogen and oxygen atoms in total. The minimum Gasteiger partial charge on any atom is -0.356 e. The highest BCUT2D eigenvalue weighted by Gasteiger charge is 2.24. The molecule has 0 saturated heterocycles. The number of aryl methyl sites for hydroxylation is 1. The normalized spacial score (nSPS) is 18.0. The number of imidazole rings is 1. The second-order valence-electron chi connectivity index (χ2n) is 9.63. The first kappa shape index (κ1) is 22.8. The number of likely N-dealkylation sites (N-methyl/N-ethyl adjacent to an activating group) is 1. The molecule has 32 heavy (non-hydrogen) atoms. The molecule has 6 heteroatoms. The average Bonchev–Trinajstić information content (AvgIpc) is 3.19. The van der Waals surface area contributed by atoms with Gasteiger partial charge in [-0.2, -0.15) is 0 Å². The predicted molar refractivity (Wildman–Crippen MR) is 127 cm³/mol. The van der Waals surface area contributed by atoms with Crippen LogP contribution in [0.15, 0.2) is 24.3 Å². The van der Waals surface area contributed by atoms with Gasteiger partial charge in [0, 0.05) is 32.0 Å². The fourth-order valence-electron chi connectivity index (χ4n) is 5.38. The fraction of sp³-hybridized carbons (Fsp3) is 0.654. The number of nitrogens with zero attached hydrogens (tertiary/aromatic N) is 3. The Morgan fingerprint density at radius 3 is 2.47 bits per heavy atom. The maximum atomic E-state index is 13.1. The monoisotopic (exact) mass is 438 g/mol. The molecule has 2 amide bonds. The van der Waals surface area contributed by atoms with Crippen LogP contribution >= 0.6 is 0 Å². The van der Waals surface area contributed by atoms with Crippen LogP contribution in [0.2, 0.25) is 0 Å². The van der Waals surface area contributed by atoms with Gasteiger partial charge >= 0.3 is 0 Å². The van der Waals surface area contributed by atoms with Crippen molar-refractivity contribution in [2.24, 2.45) is 5.92 Å². The molecular weight excluding hydrogens is 400 g/mol. The highest BCUT2D eigenvalue weighted by molar-refractivity contribution is 5.81. The standard InChI is InChI=1S/C26H38N4O2/c1-29(21-13-6-3-7-14-21)25(31)19-30-23-16-9-8-15-22(23)28-24(30)17-10-18-27-26(32)20-11-4-2-5-12-20/h8-9,15-16,20-21H,2-7,10-14,17-19H2,1H3,(H,27,32). The summed E-state index contributed by atoms with van der Waals surface area (Å²) in [7, 11) is 1.96. The lowest BCUT2D eigenvalue weighted by atomic mass is 9.89. The molecule has 1 N–H and O–H groups in total. The number of benzene rings is 1. The number of amides is 2. The number of nitrogens with one attached hydrogen (secondary N) is 1. The first-order chi connectivity index (χ1) is 15.6. The van der Waals surface area contributed by atoms with Gasteiger partial charge in [0.05, 0.1) is 11.0 Å². The summed E-state index contributed by atoms with van der Waals surface area (Å²) in [5.41, 5.74) is 1.95. The molecule has 2 saturated carbocycles. The number of hydrogen-bond donors (Lipinski definition) is 1. The molecule has 1 heterocycles. The van der Waals surface area contributed by atoms with Gasteiger partial charge in [-0.3, -0.25) is 9.59 Å². The molecule has 2 aliphatic carbocycles. The van der Waals surface area contributed by atoms with E-state index < -0.39 is 0 Å². The first-order valence-corrected chi connectivity index (χ1v) is 12.6. The van der Waals surface area contributed by atoms with Crippen LogP contribution in [0.1, 0.15) is 76.5 Å². The lowest BCUT2D eigenvalue weighted by Crippen LogP contribution is -2.40. The van der Waals surface area contributed by atoms with Gasteiger partial charge in [0.2, 0.25) is 11.8 Å². The van der Waals surface area contributed by atoms with E-state index in [0.717, 1.165) is 55.4 Å². The summed E-state index contributed by atoms with van der Waals surface area (Å²) in [5, 5.41) is 3.13. The molecule has 0 unspecified atom stereocenters. The summed E-state index contributed by atoms with van der Waals surface area (Å²) in [6.07, 6.45) is 13.2. The zero-order valence-electron chi connectivity index (χ0n) is 19.5. The summed E-state index contributed by atoms with van der Waals surface area (Å²) >= 11 is 0. The van der Waals surface area contributed by atoms with Crippen molar-refractivity contribution >= 4 is 22.8 Å². The quantitative estimate of drug-likeness (QED) is 0.619. The molecule has 2 aromatic rings. The Bertz CT molecular complexity index is 910. The SMILES string of the molecule is CN(C(=O)Cn1c(CCCNC(=O)C2CCCCC2)nc2ccccc21)C1CCCCC1. The minimum atomic E-state index is 0.159. The zero-order valence-corrected chi connectivity index (χ0v) is 19.5. The van der Waals surface area contributed by atoms with Crippen molar-refractivity contribution in [3.05, 3.63) is 30.1 Å². The van der Waals surface area contributed by atoms with Crippen LogP contribution in [0, 0.1) is 5.92 Å². The van der Waals surface area contributed by atoms with E-state index in [4.69, 9.17) is 4.98 Å². The van der Waals surface area contributed by atoms with Gasteiger partial charge in [-0.25, -0.2) is 4.98 Å². The zero-order chi connectivity index (χ0) is 22.3. The van der Waals surface area contributed by atoms with Crippen molar-refractivity contribution in [3.8, 4) is 0 Å². The van der Waals surface area contributed by atoms with Crippen molar-refractivity contribution in [2.45, 2.75) is 89.6 Å². The van der Waals surface area contributed by atoms with Crippen LogP contribution < -0.4 is 5.32 Å². The van der Waals surface area contributed by atoms with Gasteiger partial charge in [0.25, 0.3) is 0 Å². The number of carbonyl (C=O) groups is 2. The predicted octanol–water partition coefficient (Wildman–Crippen LogP) is 4.46. The van der Waals surface area contributed by atoms with Crippen LogP contribution in [0.4, 0.5) is 0 Å². The van der Waals surface area contributed by atoms with E-state index in [0.29, 0.717) is 19.1 Å². The molecule has 0 radical (unpaired) electrons. The number of hydrogen-bond acceptors (Lipinski definition) is 3. The average molecular weight is 439 g/mol. The molecule has 2 fully saturated rings. The maximum absolute atomic E-state index is 13.1. The highest BCUT2D eigenvalue weighted by Crippen LogP contribution is 2.24. The van der Waals surface area contributed by atoms with Gasteiger partial charge < -0.3 is 14.8 Å². The number of rotatable bonds is 8. The molecule has 0 atom stereocenters. The van der Waals surface area contributed by atoms with E-state index in [1.807, 2.05) is 36.2 Å². The Morgan fingerprint density at radius 2 is 1.72 bits per heavy atom. The van der Waals surface area contributed by atoms with Crippen molar-refractivity contribution in [1.82, 2.24) is 19.8 Å². The molecule has 0 bridgehead atoms. The van der Waals surface area contributed by atoms with Crippen LogP contribution in [-0.2, 0) is 22.6 Å². The maximum Gasteiger partial charge on any atom is 0.242 e. The lowest BCUT2D eigenvalue weighted by molar-refractivity contribution is -0.133. The number of aromatic nitrogens is 2. The molecule has 1 aromatic heterocycles. The third-order valence-corrected chi connectivity index (χ3v) is 7.40. The lowest BCUT2D eigenvalue weighted by Gasteiger charge is -2.31. The van der Waals surface area contributed by atoms with Gasteiger partial charge in [-0.15, -0.1) is 0 Å². The summed E-state index contributed by atoms with van der Waals surface area (Å²) < 4.78 is 2.08. The Morgan fingerprint density at radius 1 is 1.03 bits per heavy atom. The van der Waals surface area contributed by atoms with Gasteiger partial charge in [-0.05, 0) is 44.2 Å². The van der Waals surface area contributed by atoms with Gasteiger partial charge in [-0.1, -0.05) is 50.7 Å². The van der Waals surface area contributed by atoms with E-state index in [-0.39, 0.29) is 17.7 Å². The van der Waals surface area contributed by atoms with Gasteiger partial charge in [0.15, 0.2) is 0 Å².